The van der Waals surface area contributed by atoms with Crippen molar-refractivity contribution in [3.05, 3.63) is 55.1 Å². The Balaban J connectivity index is 2.40. The molecule has 1 aromatic heterocycles. The summed E-state index contributed by atoms with van der Waals surface area (Å²) in [6.07, 6.45) is 0. The van der Waals surface area contributed by atoms with Crippen LogP contribution in [0.4, 0.5) is 0 Å². The van der Waals surface area contributed by atoms with Crippen LogP contribution in [0.2, 0.25) is 5.02 Å². The van der Waals surface area contributed by atoms with Gasteiger partial charge < -0.3 is 5.73 Å². The standard InChI is InChI=1S/C12H11BrClNS/c1-7-2-5-11(16-7)12(15)9-6-8(13)3-4-10(9)14/h2-6,12H,15H2,1H3. The van der Waals surface area contributed by atoms with Gasteiger partial charge in [-0.2, -0.15) is 0 Å². The Morgan fingerprint density at radius 1 is 1.31 bits per heavy atom. The molecule has 0 saturated carbocycles. The molecule has 2 rings (SSSR count). The molecule has 1 nitrogen and oxygen atoms in total. The van der Waals surface area contributed by atoms with Crippen LogP contribution in [0.3, 0.4) is 0 Å². The molecule has 0 spiro atoms. The summed E-state index contributed by atoms with van der Waals surface area (Å²) < 4.78 is 0.996. The number of aryl methyl sites for hydroxylation is 1. The Kier molecular flexibility index (Phi) is 3.70. The van der Waals surface area contributed by atoms with Gasteiger partial charge in [-0.25, -0.2) is 0 Å². The van der Waals surface area contributed by atoms with E-state index in [1.165, 1.54) is 4.88 Å². The van der Waals surface area contributed by atoms with E-state index < -0.39 is 0 Å². The Hall–Kier alpha value is -0.350. The molecule has 84 valence electrons. The molecule has 0 amide bonds. The van der Waals surface area contributed by atoms with Crippen LogP contribution in [-0.2, 0) is 0 Å². The van der Waals surface area contributed by atoms with E-state index in [4.69, 9.17) is 17.3 Å². The van der Waals surface area contributed by atoms with Crippen molar-refractivity contribution in [1.29, 1.82) is 0 Å². The van der Waals surface area contributed by atoms with Gasteiger partial charge >= 0.3 is 0 Å². The molecule has 0 saturated heterocycles. The molecule has 0 aliphatic rings. The first-order chi connectivity index (χ1) is 7.58. The highest BCUT2D eigenvalue weighted by atomic mass is 79.9. The van der Waals surface area contributed by atoms with Gasteiger partial charge in [0.25, 0.3) is 0 Å². The van der Waals surface area contributed by atoms with Crippen molar-refractivity contribution in [2.75, 3.05) is 0 Å². The Morgan fingerprint density at radius 3 is 2.69 bits per heavy atom. The summed E-state index contributed by atoms with van der Waals surface area (Å²) >= 11 is 11.3. The molecule has 16 heavy (non-hydrogen) atoms. The second-order valence-electron chi connectivity index (χ2n) is 3.59. The summed E-state index contributed by atoms with van der Waals surface area (Å²) in [6.45, 7) is 2.07. The number of rotatable bonds is 2. The zero-order valence-corrected chi connectivity index (χ0v) is 11.9. The van der Waals surface area contributed by atoms with Crippen LogP contribution >= 0.6 is 38.9 Å². The summed E-state index contributed by atoms with van der Waals surface area (Å²) in [5.41, 5.74) is 7.16. The maximum absolute atomic E-state index is 6.20. The molecule has 1 unspecified atom stereocenters. The summed E-state index contributed by atoms with van der Waals surface area (Å²) in [5, 5.41) is 0.710. The zero-order chi connectivity index (χ0) is 11.7. The minimum absolute atomic E-state index is 0.149. The van der Waals surface area contributed by atoms with E-state index in [1.807, 2.05) is 18.2 Å². The normalized spacial score (nSPS) is 12.8. The highest BCUT2D eigenvalue weighted by Gasteiger charge is 2.14. The molecular weight excluding hydrogens is 306 g/mol. The number of thiophene rings is 1. The molecular formula is C12H11BrClNS. The molecule has 0 bridgehead atoms. The van der Waals surface area contributed by atoms with E-state index in [2.05, 4.69) is 35.0 Å². The maximum Gasteiger partial charge on any atom is 0.0661 e. The predicted molar refractivity (Wildman–Crippen MR) is 74.2 cm³/mol. The topological polar surface area (TPSA) is 26.0 Å². The number of benzene rings is 1. The van der Waals surface area contributed by atoms with Crippen molar-refractivity contribution in [3.63, 3.8) is 0 Å². The minimum Gasteiger partial charge on any atom is -0.320 e. The molecule has 2 N–H and O–H groups in total. The van der Waals surface area contributed by atoms with Crippen molar-refractivity contribution in [2.24, 2.45) is 5.73 Å². The lowest BCUT2D eigenvalue weighted by Gasteiger charge is -2.12. The largest absolute Gasteiger partial charge is 0.320 e. The number of hydrogen-bond acceptors (Lipinski definition) is 2. The Labute approximate surface area is 112 Å². The first kappa shape index (κ1) is 12.1. The molecule has 1 heterocycles. The summed E-state index contributed by atoms with van der Waals surface area (Å²) in [5.74, 6) is 0. The van der Waals surface area contributed by atoms with Crippen LogP contribution in [0, 0.1) is 6.92 Å². The van der Waals surface area contributed by atoms with Gasteiger partial charge in [-0.05, 0) is 42.8 Å². The molecule has 0 fully saturated rings. The van der Waals surface area contributed by atoms with Gasteiger partial charge in [0.2, 0.25) is 0 Å². The van der Waals surface area contributed by atoms with Crippen molar-refractivity contribution >= 4 is 38.9 Å². The third-order valence-electron chi connectivity index (χ3n) is 2.36. The molecule has 4 heteroatoms. The number of nitrogens with two attached hydrogens (primary N) is 1. The van der Waals surface area contributed by atoms with Crippen LogP contribution in [0.25, 0.3) is 0 Å². The first-order valence-electron chi connectivity index (χ1n) is 4.85. The number of halogens is 2. The van der Waals surface area contributed by atoms with Gasteiger partial charge in [-0.1, -0.05) is 27.5 Å². The summed E-state index contributed by atoms with van der Waals surface area (Å²) in [4.78, 5) is 2.40. The average Bonchev–Trinajstić information content (AvgIpc) is 2.67. The maximum atomic E-state index is 6.20. The van der Waals surface area contributed by atoms with Crippen LogP contribution in [-0.4, -0.2) is 0 Å². The lowest BCUT2D eigenvalue weighted by molar-refractivity contribution is 0.893. The zero-order valence-electron chi connectivity index (χ0n) is 8.71. The highest BCUT2D eigenvalue weighted by Crippen LogP contribution is 2.32. The summed E-state index contributed by atoms with van der Waals surface area (Å²) in [7, 11) is 0. The van der Waals surface area contributed by atoms with E-state index in [0.29, 0.717) is 5.02 Å². The molecule has 0 aliphatic heterocycles. The molecule has 2 aromatic rings. The van der Waals surface area contributed by atoms with Crippen LogP contribution in [0.1, 0.15) is 21.4 Å². The van der Waals surface area contributed by atoms with Gasteiger partial charge in [0.1, 0.15) is 0 Å². The van der Waals surface area contributed by atoms with Gasteiger partial charge in [-0.3, -0.25) is 0 Å². The van der Waals surface area contributed by atoms with Crippen molar-refractivity contribution in [1.82, 2.24) is 0 Å². The summed E-state index contributed by atoms with van der Waals surface area (Å²) in [6, 6.07) is 9.73. The molecule has 1 aromatic carbocycles. The fourth-order valence-electron chi connectivity index (χ4n) is 1.53. The van der Waals surface area contributed by atoms with Gasteiger partial charge in [-0.15, -0.1) is 11.3 Å². The predicted octanol–water partition coefficient (Wildman–Crippen LogP) is 4.52. The number of hydrogen-bond donors (Lipinski definition) is 1. The first-order valence-corrected chi connectivity index (χ1v) is 6.83. The van der Waals surface area contributed by atoms with Crippen molar-refractivity contribution in [3.8, 4) is 0 Å². The fourth-order valence-corrected chi connectivity index (χ4v) is 3.04. The highest BCUT2D eigenvalue weighted by molar-refractivity contribution is 9.10. The molecule has 0 radical (unpaired) electrons. The lowest BCUT2D eigenvalue weighted by atomic mass is 10.1. The average molecular weight is 317 g/mol. The van der Waals surface area contributed by atoms with Crippen LogP contribution in [0.15, 0.2) is 34.8 Å². The van der Waals surface area contributed by atoms with E-state index in [0.717, 1.165) is 14.9 Å². The van der Waals surface area contributed by atoms with Crippen LogP contribution in [0.5, 0.6) is 0 Å². The van der Waals surface area contributed by atoms with Gasteiger partial charge in [0.05, 0.1) is 6.04 Å². The Bertz CT molecular complexity index is 509. The van der Waals surface area contributed by atoms with E-state index in [9.17, 15) is 0 Å². The quantitative estimate of drug-likeness (QED) is 0.866. The van der Waals surface area contributed by atoms with Crippen molar-refractivity contribution in [2.45, 2.75) is 13.0 Å². The lowest BCUT2D eigenvalue weighted by Crippen LogP contribution is -2.10. The SMILES string of the molecule is Cc1ccc(C(N)c2cc(Br)ccc2Cl)s1. The Morgan fingerprint density at radius 2 is 2.06 bits per heavy atom. The molecule has 0 aliphatic carbocycles. The van der Waals surface area contributed by atoms with Crippen molar-refractivity contribution < 1.29 is 0 Å². The van der Waals surface area contributed by atoms with E-state index in [1.54, 1.807) is 11.3 Å². The second kappa shape index (κ2) is 4.88. The second-order valence-corrected chi connectivity index (χ2v) is 6.23. The van der Waals surface area contributed by atoms with E-state index >= 15 is 0 Å². The third kappa shape index (κ3) is 2.48. The van der Waals surface area contributed by atoms with E-state index in [-0.39, 0.29) is 6.04 Å². The smallest absolute Gasteiger partial charge is 0.0661 e. The van der Waals surface area contributed by atoms with Gasteiger partial charge in [0.15, 0.2) is 0 Å². The minimum atomic E-state index is -0.149. The van der Waals surface area contributed by atoms with Crippen LogP contribution < -0.4 is 5.73 Å². The van der Waals surface area contributed by atoms with Gasteiger partial charge in [0, 0.05) is 19.2 Å². The third-order valence-corrected chi connectivity index (χ3v) is 4.28. The monoisotopic (exact) mass is 315 g/mol. The fraction of sp³-hybridized carbons (Fsp3) is 0.167. The molecule has 1 atom stereocenters.